The Hall–Kier alpha value is -3.20. The van der Waals surface area contributed by atoms with Crippen LogP contribution in [0.3, 0.4) is 0 Å². The summed E-state index contributed by atoms with van der Waals surface area (Å²) in [5, 5.41) is 0. The zero-order valence-corrected chi connectivity index (χ0v) is 17.6. The van der Waals surface area contributed by atoms with E-state index in [1.54, 1.807) is 30.1 Å². The number of hydrogen-bond acceptors (Lipinski definition) is 6. The van der Waals surface area contributed by atoms with Crippen LogP contribution in [0.2, 0.25) is 0 Å². The maximum absolute atomic E-state index is 13.0. The molecule has 0 bridgehead atoms. The van der Waals surface area contributed by atoms with Crippen molar-refractivity contribution in [2.45, 2.75) is 17.9 Å². The van der Waals surface area contributed by atoms with Gasteiger partial charge in [0.1, 0.15) is 4.90 Å². The quantitative estimate of drug-likeness (QED) is 0.621. The van der Waals surface area contributed by atoms with Crippen molar-refractivity contribution in [2.24, 2.45) is 4.40 Å². The molecule has 0 fully saturated rings. The number of fused-ring (bicyclic) bond motifs is 1. The summed E-state index contributed by atoms with van der Waals surface area (Å²) in [6.07, 6.45) is 0.0664. The van der Waals surface area contributed by atoms with E-state index < -0.39 is 16.0 Å². The van der Waals surface area contributed by atoms with E-state index in [0.29, 0.717) is 12.1 Å². The minimum atomic E-state index is -3.77. The first-order valence-corrected chi connectivity index (χ1v) is 10.8. The van der Waals surface area contributed by atoms with Crippen LogP contribution in [0.4, 0.5) is 0 Å². The molecular weight excluding hydrogens is 406 g/mol. The number of esters is 1. The highest BCUT2D eigenvalue weighted by Crippen LogP contribution is 2.26. The molecule has 1 aliphatic rings. The number of likely N-dealkylation sites (N-methyl/N-ethyl adjacent to an activating group) is 1. The zero-order chi connectivity index (χ0) is 21.7. The van der Waals surface area contributed by atoms with Crippen molar-refractivity contribution in [1.29, 1.82) is 0 Å². The van der Waals surface area contributed by atoms with E-state index in [9.17, 15) is 18.0 Å². The Morgan fingerprint density at radius 2 is 1.70 bits per heavy atom. The molecule has 30 heavy (non-hydrogen) atoms. The first kappa shape index (κ1) is 21.5. The Kier molecular flexibility index (Phi) is 6.51. The molecule has 0 aliphatic carbocycles. The topological polar surface area (TPSA) is 96.3 Å². The summed E-state index contributed by atoms with van der Waals surface area (Å²) in [7, 11) is -0.847. The fourth-order valence-electron chi connectivity index (χ4n) is 3.17. The number of rotatable bonds is 7. The average Bonchev–Trinajstić information content (AvgIpc) is 3.02. The van der Waals surface area contributed by atoms with E-state index in [2.05, 4.69) is 9.13 Å². The van der Waals surface area contributed by atoms with E-state index in [1.165, 1.54) is 18.1 Å². The number of sulfonamides is 1. The molecule has 8 nitrogen and oxygen atoms in total. The molecular formula is C21H23N3O5S. The van der Waals surface area contributed by atoms with Crippen molar-refractivity contribution in [3.8, 4) is 0 Å². The van der Waals surface area contributed by atoms with Crippen LogP contribution in [-0.4, -0.2) is 63.2 Å². The highest BCUT2D eigenvalue weighted by Gasteiger charge is 2.31. The van der Waals surface area contributed by atoms with Crippen LogP contribution in [0.15, 0.2) is 63.9 Å². The molecule has 2 aromatic rings. The van der Waals surface area contributed by atoms with Crippen molar-refractivity contribution in [3.05, 3.63) is 65.7 Å². The summed E-state index contributed by atoms with van der Waals surface area (Å²) in [5.41, 5.74) is 1.39. The molecule has 0 atom stereocenters. The third-order valence-corrected chi connectivity index (χ3v) is 6.05. The van der Waals surface area contributed by atoms with Gasteiger partial charge in [-0.05, 0) is 17.7 Å². The van der Waals surface area contributed by atoms with Gasteiger partial charge in [-0.2, -0.15) is 8.42 Å². The maximum Gasteiger partial charge on any atom is 0.307 e. The summed E-state index contributed by atoms with van der Waals surface area (Å²) in [6.45, 7) is 0.429. The van der Waals surface area contributed by atoms with Gasteiger partial charge in [0.15, 0.2) is 5.84 Å². The molecule has 0 N–H and O–H groups in total. The predicted molar refractivity (Wildman–Crippen MR) is 111 cm³/mol. The van der Waals surface area contributed by atoms with Gasteiger partial charge in [0.05, 0.1) is 20.1 Å². The second-order valence-corrected chi connectivity index (χ2v) is 8.44. The van der Waals surface area contributed by atoms with Crippen molar-refractivity contribution in [1.82, 2.24) is 9.80 Å². The van der Waals surface area contributed by atoms with Gasteiger partial charge in [0.2, 0.25) is 5.91 Å². The van der Waals surface area contributed by atoms with Gasteiger partial charge in [-0.15, -0.1) is 4.40 Å². The van der Waals surface area contributed by atoms with Gasteiger partial charge in [0.25, 0.3) is 10.0 Å². The number of carbonyl (C=O) groups excluding carboxylic acids is 2. The van der Waals surface area contributed by atoms with Crippen LogP contribution < -0.4 is 0 Å². The lowest BCUT2D eigenvalue weighted by Crippen LogP contribution is -2.41. The summed E-state index contributed by atoms with van der Waals surface area (Å²) in [4.78, 5) is 27.8. The van der Waals surface area contributed by atoms with Gasteiger partial charge in [-0.1, -0.05) is 42.5 Å². The lowest BCUT2D eigenvalue weighted by molar-refractivity contribution is -0.142. The van der Waals surface area contributed by atoms with E-state index in [4.69, 9.17) is 0 Å². The molecule has 1 aliphatic heterocycles. The summed E-state index contributed by atoms with van der Waals surface area (Å²) < 4.78 is 33.1. The van der Waals surface area contributed by atoms with E-state index in [-0.39, 0.29) is 36.1 Å². The number of nitrogens with zero attached hydrogens (tertiary/aromatic N) is 3. The molecule has 9 heteroatoms. The van der Waals surface area contributed by atoms with Crippen LogP contribution in [0, 0.1) is 0 Å². The van der Waals surface area contributed by atoms with Gasteiger partial charge in [-0.25, -0.2) is 0 Å². The fourth-order valence-corrected chi connectivity index (χ4v) is 4.42. The molecule has 0 spiro atoms. The maximum atomic E-state index is 13.0. The van der Waals surface area contributed by atoms with Crippen LogP contribution in [0.1, 0.15) is 17.5 Å². The second kappa shape index (κ2) is 9.08. The smallest absolute Gasteiger partial charge is 0.307 e. The number of hydrogen-bond donors (Lipinski definition) is 0. The Balaban J connectivity index is 1.77. The molecule has 2 aromatic carbocycles. The Bertz CT molecular complexity index is 1070. The predicted octanol–water partition coefficient (Wildman–Crippen LogP) is 1.66. The third kappa shape index (κ3) is 4.85. The van der Waals surface area contributed by atoms with Crippen molar-refractivity contribution in [2.75, 3.05) is 27.2 Å². The minimum Gasteiger partial charge on any atom is -0.469 e. The minimum absolute atomic E-state index is 0.0664. The van der Waals surface area contributed by atoms with Crippen molar-refractivity contribution >= 4 is 27.7 Å². The summed E-state index contributed by atoms with van der Waals surface area (Å²) in [6, 6.07) is 15.9. The second-order valence-electron chi connectivity index (χ2n) is 6.87. The molecule has 3 rings (SSSR count). The van der Waals surface area contributed by atoms with Crippen LogP contribution in [0.5, 0.6) is 0 Å². The van der Waals surface area contributed by atoms with E-state index >= 15 is 0 Å². The summed E-state index contributed by atoms with van der Waals surface area (Å²) >= 11 is 0. The molecule has 0 unspecified atom stereocenters. The number of amides is 1. The molecule has 0 saturated carbocycles. The molecule has 0 radical (unpaired) electrons. The summed E-state index contributed by atoms with van der Waals surface area (Å²) in [5.74, 6) is -0.435. The van der Waals surface area contributed by atoms with Crippen LogP contribution in [0.25, 0.3) is 0 Å². The SMILES string of the molecule is COC(=O)CCN(Cc1ccccc1)C(=O)CN(C)C1=NS(=O)(=O)c2ccccc21. The van der Waals surface area contributed by atoms with E-state index in [0.717, 1.165) is 5.56 Å². The zero-order valence-electron chi connectivity index (χ0n) is 16.8. The Labute approximate surface area is 175 Å². The monoisotopic (exact) mass is 429 g/mol. The first-order valence-electron chi connectivity index (χ1n) is 9.36. The number of amidine groups is 1. The molecule has 1 heterocycles. The highest BCUT2D eigenvalue weighted by atomic mass is 32.2. The number of ether oxygens (including phenoxy) is 1. The fraction of sp³-hybridized carbons (Fsp3) is 0.286. The van der Waals surface area contributed by atoms with Crippen molar-refractivity contribution in [3.63, 3.8) is 0 Å². The van der Waals surface area contributed by atoms with Gasteiger partial charge in [-0.3, -0.25) is 9.59 Å². The van der Waals surface area contributed by atoms with Gasteiger partial charge < -0.3 is 14.5 Å². The van der Waals surface area contributed by atoms with Crippen molar-refractivity contribution < 1.29 is 22.7 Å². The van der Waals surface area contributed by atoms with Gasteiger partial charge >= 0.3 is 5.97 Å². The Morgan fingerprint density at radius 1 is 1.03 bits per heavy atom. The molecule has 0 aromatic heterocycles. The first-order chi connectivity index (χ1) is 14.3. The Morgan fingerprint density at radius 3 is 2.40 bits per heavy atom. The lowest BCUT2D eigenvalue weighted by Gasteiger charge is -2.26. The standard InChI is InChI=1S/C21H23N3O5S/c1-23(21-17-10-6-7-11-18(17)30(27,28)22-21)15-19(25)24(13-12-20(26)29-2)14-16-8-4-3-5-9-16/h3-11H,12-15H2,1-2H3. The number of benzene rings is 2. The van der Waals surface area contributed by atoms with Crippen LogP contribution >= 0.6 is 0 Å². The molecule has 0 saturated heterocycles. The van der Waals surface area contributed by atoms with E-state index in [1.807, 2.05) is 30.3 Å². The number of methoxy groups -OCH3 is 1. The molecule has 1 amide bonds. The van der Waals surface area contributed by atoms with Crippen LogP contribution in [-0.2, 0) is 30.9 Å². The molecule has 158 valence electrons. The third-order valence-electron chi connectivity index (χ3n) is 4.73. The highest BCUT2D eigenvalue weighted by molar-refractivity contribution is 7.90. The number of carbonyl (C=O) groups is 2. The average molecular weight is 429 g/mol. The lowest BCUT2D eigenvalue weighted by atomic mass is 10.2. The normalized spacial score (nSPS) is 13.9. The largest absolute Gasteiger partial charge is 0.469 e. The van der Waals surface area contributed by atoms with Gasteiger partial charge in [0, 0.05) is 25.7 Å².